The van der Waals surface area contributed by atoms with E-state index < -0.39 is 0 Å². The lowest BCUT2D eigenvalue weighted by molar-refractivity contribution is 0.537. The van der Waals surface area contributed by atoms with Gasteiger partial charge in [0.05, 0.1) is 0 Å². The highest BCUT2D eigenvalue weighted by molar-refractivity contribution is 5.24. The summed E-state index contributed by atoms with van der Waals surface area (Å²) in [5.41, 5.74) is 7.40. The van der Waals surface area contributed by atoms with E-state index in [1.807, 2.05) is 12.1 Å². The van der Waals surface area contributed by atoms with Crippen LogP contribution < -0.4 is 5.73 Å². The zero-order valence-corrected chi connectivity index (χ0v) is 8.89. The molecule has 78 valence electrons. The summed E-state index contributed by atoms with van der Waals surface area (Å²) in [5.74, 6) is 0.449. The molecule has 0 amide bonds. The summed E-state index contributed by atoms with van der Waals surface area (Å²) in [5, 5.41) is 0. The van der Waals surface area contributed by atoms with Crippen molar-refractivity contribution < 1.29 is 4.39 Å². The van der Waals surface area contributed by atoms with Gasteiger partial charge in [-0.1, -0.05) is 19.1 Å². The largest absolute Gasteiger partial charge is 0.330 e. The number of nitrogens with two attached hydrogens (primary N) is 1. The van der Waals surface area contributed by atoms with Crippen molar-refractivity contribution in [1.82, 2.24) is 0 Å². The van der Waals surface area contributed by atoms with E-state index in [4.69, 9.17) is 5.73 Å². The SMILES string of the molecule is Cc1cc(CC(C)CCN)ccc1F. The van der Waals surface area contributed by atoms with Gasteiger partial charge in [-0.3, -0.25) is 0 Å². The fourth-order valence-corrected chi connectivity index (χ4v) is 1.62. The molecule has 1 aromatic carbocycles. The molecule has 14 heavy (non-hydrogen) atoms. The number of rotatable bonds is 4. The van der Waals surface area contributed by atoms with Gasteiger partial charge < -0.3 is 5.73 Å². The second-order valence-corrected chi connectivity index (χ2v) is 3.97. The van der Waals surface area contributed by atoms with Crippen molar-refractivity contribution in [1.29, 1.82) is 0 Å². The van der Waals surface area contributed by atoms with Crippen LogP contribution in [-0.2, 0) is 6.42 Å². The van der Waals surface area contributed by atoms with Gasteiger partial charge in [0.1, 0.15) is 5.82 Å². The minimum Gasteiger partial charge on any atom is -0.330 e. The molecular formula is C12H18FN. The van der Waals surface area contributed by atoms with E-state index in [9.17, 15) is 4.39 Å². The molecule has 0 saturated heterocycles. The maximum atomic E-state index is 13.0. The first-order chi connectivity index (χ1) is 6.63. The van der Waals surface area contributed by atoms with Crippen LogP contribution in [0.3, 0.4) is 0 Å². The zero-order valence-electron chi connectivity index (χ0n) is 8.89. The van der Waals surface area contributed by atoms with Gasteiger partial charge in [0.25, 0.3) is 0 Å². The van der Waals surface area contributed by atoms with Crippen LogP contribution in [0, 0.1) is 18.7 Å². The smallest absolute Gasteiger partial charge is 0.126 e. The fourth-order valence-electron chi connectivity index (χ4n) is 1.62. The summed E-state index contributed by atoms with van der Waals surface area (Å²) in [6, 6.07) is 5.32. The van der Waals surface area contributed by atoms with Crippen molar-refractivity contribution in [3.05, 3.63) is 35.1 Å². The average molecular weight is 195 g/mol. The first-order valence-electron chi connectivity index (χ1n) is 5.08. The first-order valence-corrected chi connectivity index (χ1v) is 5.08. The number of aryl methyl sites for hydroxylation is 1. The van der Waals surface area contributed by atoms with Gasteiger partial charge in [0, 0.05) is 0 Å². The number of benzene rings is 1. The highest BCUT2D eigenvalue weighted by Gasteiger charge is 2.04. The first kappa shape index (κ1) is 11.2. The Morgan fingerprint density at radius 3 is 2.71 bits per heavy atom. The molecule has 1 unspecified atom stereocenters. The van der Waals surface area contributed by atoms with E-state index in [2.05, 4.69) is 6.92 Å². The lowest BCUT2D eigenvalue weighted by Gasteiger charge is -2.10. The van der Waals surface area contributed by atoms with E-state index in [1.54, 1.807) is 13.0 Å². The third kappa shape index (κ3) is 3.11. The van der Waals surface area contributed by atoms with Gasteiger partial charge in [0.2, 0.25) is 0 Å². The average Bonchev–Trinajstić information content (AvgIpc) is 2.12. The van der Waals surface area contributed by atoms with Crippen molar-refractivity contribution in [3.63, 3.8) is 0 Å². The maximum Gasteiger partial charge on any atom is 0.126 e. The van der Waals surface area contributed by atoms with E-state index in [-0.39, 0.29) is 5.82 Å². The molecule has 0 aliphatic carbocycles. The highest BCUT2D eigenvalue weighted by atomic mass is 19.1. The van der Waals surface area contributed by atoms with Crippen molar-refractivity contribution in [2.24, 2.45) is 11.7 Å². The molecule has 0 saturated carbocycles. The van der Waals surface area contributed by atoms with E-state index >= 15 is 0 Å². The van der Waals surface area contributed by atoms with E-state index in [0.29, 0.717) is 5.92 Å². The van der Waals surface area contributed by atoms with Crippen molar-refractivity contribution in [2.45, 2.75) is 26.7 Å². The molecule has 1 nitrogen and oxygen atoms in total. The summed E-state index contributed by atoms with van der Waals surface area (Å²) in [6.07, 6.45) is 2.01. The van der Waals surface area contributed by atoms with E-state index in [1.165, 1.54) is 5.56 Å². The summed E-state index contributed by atoms with van der Waals surface area (Å²) in [6.45, 7) is 4.69. The zero-order chi connectivity index (χ0) is 10.6. The summed E-state index contributed by atoms with van der Waals surface area (Å²) in [7, 11) is 0. The molecule has 0 bridgehead atoms. The quantitative estimate of drug-likeness (QED) is 0.785. The molecule has 0 fully saturated rings. The maximum absolute atomic E-state index is 13.0. The second-order valence-electron chi connectivity index (χ2n) is 3.97. The van der Waals surface area contributed by atoms with Gasteiger partial charge in [0.15, 0.2) is 0 Å². The molecule has 0 radical (unpaired) electrons. The number of halogens is 1. The molecule has 0 heterocycles. The van der Waals surface area contributed by atoms with Crippen LogP contribution in [-0.4, -0.2) is 6.54 Å². The van der Waals surface area contributed by atoms with Crippen LogP contribution in [0.1, 0.15) is 24.5 Å². The van der Waals surface area contributed by atoms with Crippen molar-refractivity contribution in [2.75, 3.05) is 6.54 Å². The molecule has 0 aliphatic rings. The van der Waals surface area contributed by atoms with Crippen LogP contribution in [0.15, 0.2) is 18.2 Å². The highest BCUT2D eigenvalue weighted by Crippen LogP contribution is 2.14. The lowest BCUT2D eigenvalue weighted by atomic mass is 9.97. The van der Waals surface area contributed by atoms with Crippen LogP contribution in [0.4, 0.5) is 4.39 Å². The summed E-state index contributed by atoms with van der Waals surface area (Å²) < 4.78 is 13.0. The minimum atomic E-state index is -0.125. The van der Waals surface area contributed by atoms with Crippen LogP contribution in [0.25, 0.3) is 0 Å². The third-order valence-corrected chi connectivity index (χ3v) is 2.47. The number of hydrogen-bond acceptors (Lipinski definition) is 1. The Balaban J connectivity index is 2.63. The summed E-state index contributed by atoms with van der Waals surface area (Å²) >= 11 is 0. The molecule has 0 aliphatic heterocycles. The van der Waals surface area contributed by atoms with Crippen LogP contribution in [0.2, 0.25) is 0 Å². The predicted octanol–water partition coefficient (Wildman–Crippen LogP) is 2.66. The van der Waals surface area contributed by atoms with Gasteiger partial charge in [-0.15, -0.1) is 0 Å². The van der Waals surface area contributed by atoms with Crippen LogP contribution >= 0.6 is 0 Å². The molecule has 1 atom stereocenters. The molecule has 1 aromatic rings. The molecule has 2 heteroatoms. The van der Waals surface area contributed by atoms with E-state index in [0.717, 1.165) is 24.9 Å². The van der Waals surface area contributed by atoms with Crippen molar-refractivity contribution >= 4 is 0 Å². The molecular weight excluding hydrogens is 177 g/mol. The van der Waals surface area contributed by atoms with Gasteiger partial charge in [-0.2, -0.15) is 0 Å². The Morgan fingerprint density at radius 1 is 1.43 bits per heavy atom. The Bertz CT molecular complexity index is 296. The topological polar surface area (TPSA) is 26.0 Å². The Morgan fingerprint density at radius 2 is 2.14 bits per heavy atom. The van der Waals surface area contributed by atoms with Crippen LogP contribution in [0.5, 0.6) is 0 Å². The Kier molecular flexibility index (Phi) is 4.08. The Labute approximate surface area is 85.1 Å². The molecule has 1 rings (SSSR count). The Hall–Kier alpha value is -0.890. The molecule has 0 spiro atoms. The monoisotopic (exact) mass is 195 g/mol. The molecule has 2 N–H and O–H groups in total. The normalized spacial score (nSPS) is 12.9. The lowest BCUT2D eigenvalue weighted by Crippen LogP contribution is -2.08. The van der Waals surface area contributed by atoms with Gasteiger partial charge in [-0.25, -0.2) is 4.39 Å². The van der Waals surface area contributed by atoms with Crippen molar-refractivity contribution in [3.8, 4) is 0 Å². The minimum absolute atomic E-state index is 0.125. The second kappa shape index (κ2) is 5.11. The fraction of sp³-hybridized carbons (Fsp3) is 0.500. The predicted molar refractivity (Wildman–Crippen MR) is 57.7 cm³/mol. The van der Waals surface area contributed by atoms with Gasteiger partial charge >= 0.3 is 0 Å². The molecule has 0 aromatic heterocycles. The summed E-state index contributed by atoms with van der Waals surface area (Å²) in [4.78, 5) is 0. The third-order valence-electron chi connectivity index (χ3n) is 2.47. The number of hydrogen-bond donors (Lipinski definition) is 1. The van der Waals surface area contributed by atoms with Gasteiger partial charge in [-0.05, 0) is 49.4 Å². The standard InChI is InChI=1S/C12H18FN/c1-9(5-6-14)7-11-3-4-12(13)10(2)8-11/h3-4,8-9H,5-7,14H2,1-2H3.